The van der Waals surface area contributed by atoms with Crippen molar-refractivity contribution in [2.24, 2.45) is 0 Å². The molecule has 0 spiro atoms. The van der Waals surface area contributed by atoms with E-state index < -0.39 is 5.91 Å². The Morgan fingerprint density at radius 1 is 1.28 bits per heavy atom. The first-order chi connectivity index (χ1) is 12.1. The van der Waals surface area contributed by atoms with Gasteiger partial charge >= 0.3 is 0 Å². The van der Waals surface area contributed by atoms with E-state index in [1.165, 1.54) is 12.3 Å². The molecule has 0 radical (unpaired) electrons. The van der Waals surface area contributed by atoms with Gasteiger partial charge in [-0.3, -0.25) is 9.89 Å². The van der Waals surface area contributed by atoms with E-state index in [1.807, 2.05) is 24.3 Å². The first kappa shape index (κ1) is 16.4. The minimum atomic E-state index is -0.557. The summed E-state index contributed by atoms with van der Waals surface area (Å²) >= 11 is 5.91. The number of aromatic amines is 1. The summed E-state index contributed by atoms with van der Waals surface area (Å²) in [5.41, 5.74) is 7.96. The molecule has 5 N–H and O–H groups in total. The van der Waals surface area contributed by atoms with Crippen LogP contribution < -0.4 is 16.4 Å². The maximum Gasteiger partial charge on any atom is 0.267 e. The molecule has 0 saturated heterocycles. The molecule has 8 heteroatoms. The van der Waals surface area contributed by atoms with Gasteiger partial charge in [0.05, 0.1) is 22.4 Å². The van der Waals surface area contributed by atoms with Crippen molar-refractivity contribution < 1.29 is 4.79 Å². The first-order valence-electron chi connectivity index (χ1n) is 7.23. The number of amides is 1. The van der Waals surface area contributed by atoms with Gasteiger partial charge in [-0.2, -0.15) is 10.4 Å². The third-order valence-electron chi connectivity index (χ3n) is 3.45. The zero-order valence-corrected chi connectivity index (χ0v) is 13.6. The molecule has 1 heterocycles. The molecule has 7 nitrogen and oxygen atoms in total. The van der Waals surface area contributed by atoms with E-state index in [0.29, 0.717) is 22.1 Å². The van der Waals surface area contributed by atoms with Gasteiger partial charge < -0.3 is 16.4 Å². The molecule has 0 aliphatic carbocycles. The Bertz CT molecular complexity index is 1020. The minimum Gasteiger partial charge on any atom is -0.398 e. The van der Waals surface area contributed by atoms with Crippen LogP contribution in [0.5, 0.6) is 0 Å². The Kier molecular flexibility index (Phi) is 4.55. The van der Waals surface area contributed by atoms with E-state index in [4.69, 9.17) is 17.3 Å². The highest BCUT2D eigenvalue weighted by molar-refractivity contribution is 6.33. The number of nitrogens with zero attached hydrogens (tertiary/aromatic N) is 2. The van der Waals surface area contributed by atoms with Gasteiger partial charge in [-0.1, -0.05) is 11.6 Å². The van der Waals surface area contributed by atoms with Crippen LogP contribution in [0.15, 0.2) is 54.4 Å². The van der Waals surface area contributed by atoms with Crippen LogP contribution in [0.1, 0.15) is 0 Å². The third-order valence-corrected chi connectivity index (χ3v) is 3.78. The van der Waals surface area contributed by atoms with Gasteiger partial charge in [0.25, 0.3) is 5.91 Å². The number of carbonyl (C=O) groups is 1. The standard InChI is InChI=1S/C17H13ClN6O/c18-14-5-13(3-4-15(14)20)23-17(25)11(7-19)8-21-12-2-1-10-9-22-24-16(10)6-12/h1-6,8-9,21H,20H2,(H,22,24)(H,23,25)/b11-8-. The molecule has 0 aliphatic rings. The smallest absolute Gasteiger partial charge is 0.267 e. The molecule has 0 atom stereocenters. The molecule has 3 aromatic rings. The number of aromatic nitrogens is 2. The van der Waals surface area contributed by atoms with Crippen LogP contribution in [0.2, 0.25) is 5.02 Å². The molecule has 0 saturated carbocycles. The lowest BCUT2D eigenvalue weighted by Gasteiger charge is -2.07. The third kappa shape index (κ3) is 3.71. The molecule has 0 bridgehead atoms. The lowest BCUT2D eigenvalue weighted by molar-refractivity contribution is -0.112. The summed E-state index contributed by atoms with van der Waals surface area (Å²) in [6.07, 6.45) is 3.05. The van der Waals surface area contributed by atoms with Crippen molar-refractivity contribution in [2.75, 3.05) is 16.4 Å². The molecule has 0 fully saturated rings. The van der Waals surface area contributed by atoms with Crippen LogP contribution in [0.25, 0.3) is 10.9 Å². The summed E-state index contributed by atoms with van der Waals surface area (Å²) in [7, 11) is 0. The first-order valence-corrected chi connectivity index (χ1v) is 7.61. The molecule has 124 valence electrons. The molecule has 2 aromatic carbocycles. The Balaban J connectivity index is 1.73. The number of anilines is 3. The van der Waals surface area contributed by atoms with E-state index in [0.717, 1.165) is 10.9 Å². The van der Waals surface area contributed by atoms with Crippen molar-refractivity contribution >= 4 is 45.5 Å². The van der Waals surface area contributed by atoms with Crippen LogP contribution in [-0.2, 0) is 4.79 Å². The van der Waals surface area contributed by atoms with Crippen LogP contribution in [-0.4, -0.2) is 16.1 Å². The summed E-state index contributed by atoms with van der Waals surface area (Å²) in [6.45, 7) is 0. The lowest BCUT2D eigenvalue weighted by Crippen LogP contribution is -2.14. The highest BCUT2D eigenvalue weighted by atomic mass is 35.5. The van der Waals surface area contributed by atoms with Crippen molar-refractivity contribution in [3.05, 3.63) is 59.4 Å². The molecule has 0 unspecified atom stereocenters. The van der Waals surface area contributed by atoms with Crippen LogP contribution >= 0.6 is 11.6 Å². The monoisotopic (exact) mass is 352 g/mol. The van der Waals surface area contributed by atoms with E-state index in [2.05, 4.69) is 20.8 Å². The summed E-state index contributed by atoms with van der Waals surface area (Å²) in [6, 6.07) is 12.1. The number of nitrogens with two attached hydrogens (primary N) is 1. The minimum absolute atomic E-state index is 0.0855. The fourth-order valence-corrected chi connectivity index (χ4v) is 2.31. The fraction of sp³-hybridized carbons (Fsp3) is 0. The Hall–Kier alpha value is -3.50. The number of benzene rings is 2. The van der Waals surface area contributed by atoms with Crippen molar-refractivity contribution in [2.45, 2.75) is 0 Å². The number of fused-ring (bicyclic) bond motifs is 1. The van der Waals surface area contributed by atoms with Crippen molar-refractivity contribution in [1.82, 2.24) is 10.2 Å². The maximum atomic E-state index is 12.2. The number of carbonyl (C=O) groups excluding carboxylic acids is 1. The molecule has 0 aliphatic heterocycles. The normalized spacial score (nSPS) is 11.1. The Morgan fingerprint density at radius 2 is 2.08 bits per heavy atom. The molecule has 3 rings (SSSR count). The number of nitrogen functional groups attached to an aromatic ring is 1. The highest BCUT2D eigenvalue weighted by Gasteiger charge is 2.10. The number of rotatable bonds is 4. The van der Waals surface area contributed by atoms with Gasteiger partial charge in [0.2, 0.25) is 0 Å². The molecule has 1 aromatic heterocycles. The predicted molar refractivity (Wildman–Crippen MR) is 97.9 cm³/mol. The number of nitriles is 1. The van der Waals surface area contributed by atoms with Gasteiger partial charge in [0.1, 0.15) is 11.6 Å². The summed E-state index contributed by atoms with van der Waals surface area (Å²) in [5, 5.41) is 22.8. The molecule has 1 amide bonds. The Labute approximate surface area is 148 Å². The second-order valence-corrected chi connectivity index (χ2v) is 5.58. The zero-order chi connectivity index (χ0) is 17.8. The zero-order valence-electron chi connectivity index (χ0n) is 12.9. The van der Waals surface area contributed by atoms with E-state index in [9.17, 15) is 10.1 Å². The van der Waals surface area contributed by atoms with Crippen molar-refractivity contribution in [1.29, 1.82) is 5.26 Å². The lowest BCUT2D eigenvalue weighted by atomic mass is 10.2. The van der Waals surface area contributed by atoms with Gasteiger partial charge in [-0.25, -0.2) is 0 Å². The second kappa shape index (κ2) is 6.95. The van der Waals surface area contributed by atoms with Crippen molar-refractivity contribution in [3.8, 4) is 6.07 Å². The van der Waals surface area contributed by atoms with Gasteiger partial charge in [0.15, 0.2) is 0 Å². The number of nitrogens with one attached hydrogen (secondary N) is 3. The van der Waals surface area contributed by atoms with E-state index in [1.54, 1.807) is 18.3 Å². The number of halogens is 1. The summed E-state index contributed by atoms with van der Waals surface area (Å²) < 4.78 is 0. The van der Waals surface area contributed by atoms with Crippen LogP contribution in [0.3, 0.4) is 0 Å². The summed E-state index contributed by atoms with van der Waals surface area (Å²) in [4.78, 5) is 12.2. The van der Waals surface area contributed by atoms with Gasteiger partial charge in [0, 0.05) is 23.0 Å². The van der Waals surface area contributed by atoms with Crippen molar-refractivity contribution in [3.63, 3.8) is 0 Å². The van der Waals surface area contributed by atoms with Gasteiger partial charge in [-0.15, -0.1) is 0 Å². The molecular weight excluding hydrogens is 340 g/mol. The quantitative estimate of drug-likeness (QED) is 0.326. The fourth-order valence-electron chi connectivity index (χ4n) is 2.13. The second-order valence-electron chi connectivity index (χ2n) is 5.18. The van der Waals surface area contributed by atoms with Gasteiger partial charge in [-0.05, 0) is 36.4 Å². The number of hydrogen-bond acceptors (Lipinski definition) is 5. The van der Waals surface area contributed by atoms with E-state index in [-0.39, 0.29) is 5.57 Å². The Morgan fingerprint density at radius 3 is 2.84 bits per heavy atom. The number of hydrogen-bond donors (Lipinski definition) is 4. The average molecular weight is 353 g/mol. The average Bonchev–Trinajstić information content (AvgIpc) is 3.06. The molecular formula is C17H13ClN6O. The highest BCUT2D eigenvalue weighted by Crippen LogP contribution is 2.23. The topological polar surface area (TPSA) is 120 Å². The maximum absolute atomic E-state index is 12.2. The molecule has 25 heavy (non-hydrogen) atoms. The SMILES string of the molecule is N#C/C(=C/Nc1ccc2cn[nH]c2c1)C(=O)Nc1ccc(N)c(Cl)c1. The van der Waals surface area contributed by atoms with Crippen LogP contribution in [0, 0.1) is 11.3 Å². The van der Waals surface area contributed by atoms with E-state index >= 15 is 0 Å². The predicted octanol–water partition coefficient (Wildman–Crippen LogP) is 3.26. The number of H-pyrrole nitrogens is 1. The van der Waals surface area contributed by atoms with Crippen LogP contribution in [0.4, 0.5) is 17.1 Å². The summed E-state index contributed by atoms with van der Waals surface area (Å²) in [5.74, 6) is -0.557. The largest absolute Gasteiger partial charge is 0.398 e.